The lowest BCUT2D eigenvalue weighted by Gasteiger charge is -2.07. The molecule has 3 aromatic rings. The van der Waals surface area contributed by atoms with Crippen LogP contribution in [0.15, 0.2) is 67.1 Å². The lowest BCUT2D eigenvalue weighted by Crippen LogP contribution is -2.33. The van der Waals surface area contributed by atoms with Gasteiger partial charge in [0.15, 0.2) is 12.7 Å². The minimum Gasteiger partial charge on any atom is -0.434 e. The van der Waals surface area contributed by atoms with Crippen LogP contribution in [-0.2, 0) is 6.54 Å². The first-order valence-corrected chi connectivity index (χ1v) is 7.35. The van der Waals surface area contributed by atoms with Crippen LogP contribution < -0.4 is 9.30 Å². The predicted molar refractivity (Wildman–Crippen MR) is 86.0 cm³/mol. The zero-order chi connectivity index (χ0) is 15.4. The minimum absolute atomic E-state index is 0.604. The van der Waals surface area contributed by atoms with E-state index in [1.807, 2.05) is 43.6 Å². The fraction of sp³-hybridized carbons (Fsp3) is 0.158. The van der Waals surface area contributed by atoms with E-state index in [-0.39, 0.29) is 0 Å². The Balaban J connectivity index is 1.81. The van der Waals surface area contributed by atoms with Crippen LogP contribution in [0, 0.1) is 13.8 Å². The van der Waals surface area contributed by atoms with Crippen LogP contribution in [-0.4, -0.2) is 4.98 Å². The van der Waals surface area contributed by atoms with Crippen LogP contribution in [0.3, 0.4) is 0 Å². The molecule has 0 bridgehead atoms. The van der Waals surface area contributed by atoms with Gasteiger partial charge in [-0.15, -0.1) is 0 Å². The maximum Gasteiger partial charge on any atom is 0.285 e. The molecule has 0 N–H and O–H groups in total. The SMILES string of the molecule is Cc1ccc(C)c(Oc2c[n+](Cc3ccccc3)ccn2)c1. The van der Waals surface area contributed by atoms with Crippen molar-refractivity contribution in [1.29, 1.82) is 0 Å². The standard InChI is InChI=1S/C19H19N2O/c1-15-8-9-16(2)18(12-15)22-19-14-21(11-10-20-19)13-17-6-4-3-5-7-17/h3-12,14H,13H2,1-2H3/q+1. The Morgan fingerprint density at radius 3 is 2.68 bits per heavy atom. The molecule has 0 aliphatic carbocycles. The van der Waals surface area contributed by atoms with Gasteiger partial charge in [0.2, 0.25) is 6.20 Å². The van der Waals surface area contributed by atoms with Crippen molar-refractivity contribution in [1.82, 2.24) is 4.98 Å². The van der Waals surface area contributed by atoms with E-state index in [1.54, 1.807) is 6.20 Å². The molecule has 0 radical (unpaired) electrons. The average molecular weight is 291 g/mol. The summed E-state index contributed by atoms with van der Waals surface area (Å²) < 4.78 is 8.01. The Bertz CT molecular complexity index is 769. The number of rotatable bonds is 4. The normalized spacial score (nSPS) is 10.5. The van der Waals surface area contributed by atoms with Crippen molar-refractivity contribution in [3.8, 4) is 11.6 Å². The number of nitrogens with zero attached hydrogens (tertiary/aromatic N) is 2. The fourth-order valence-corrected chi connectivity index (χ4v) is 2.29. The van der Waals surface area contributed by atoms with Gasteiger partial charge in [-0.25, -0.2) is 4.98 Å². The smallest absolute Gasteiger partial charge is 0.285 e. The molecule has 0 fully saturated rings. The number of aromatic nitrogens is 2. The molecule has 3 rings (SSSR count). The van der Waals surface area contributed by atoms with Crippen molar-refractivity contribution in [2.45, 2.75) is 20.4 Å². The number of benzene rings is 2. The van der Waals surface area contributed by atoms with Crippen molar-refractivity contribution < 1.29 is 9.30 Å². The van der Waals surface area contributed by atoms with Gasteiger partial charge in [0.1, 0.15) is 5.75 Å². The molecule has 1 heterocycles. The van der Waals surface area contributed by atoms with Crippen molar-refractivity contribution >= 4 is 0 Å². The molecule has 0 saturated carbocycles. The molecule has 0 unspecified atom stereocenters. The number of hydrogen-bond donors (Lipinski definition) is 0. The summed E-state index contributed by atoms with van der Waals surface area (Å²) in [6.07, 6.45) is 5.64. The molecule has 0 amide bonds. The highest BCUT2D eigenvalue weighted by Gasteiger charge is 2.09. The molecule has 0 atom stereocenters. The maximum absolute atomic E-state index is 5.94. The van der Waals surface area contributed by atoms with Crippen molar-refractivity contribution in [3.05, 3.63) is 83.8 Å². The Kier molecular flexibility index (Phi) is 4.15. The van der Waals surface area contributed by atoms with Gasteiger partial charge < -0.3 is 4.74 Å². The monoisotopic (exact) mass is 291 g/mol. The van der Waals surface area contributed by atoms with E-state index in [4.69, 9.17) is 4.74 Å². The summed E-state index contributed by atoms with van der Waals surface area (Å²) >= 11 is 0. The topological polar surface area (TPSA) is 26.0 Å². The zero-order valence-corrected chi connectivity index (χ0v) is 12.9. The van der Waals surface area contributed by atoms with Gasteiger partial charge in [0.05, 0.1) is 6.20 Å². The zero-order valence-electron chi connectivity index (χ0n) is 12.9. The van der Waals surface area contributed by atoms with E-state index in [2.05, 4.69) is 40.7 Å². The van der Waals surface area contributed by atoms with E-state index in [0.29, 0.717) is 5.88 Å². The van der Waals surface area contributed by atoms with Gasteiger partial charge in [-0.05, 0) is 31.0 Å². The predicted octanol–water partition coefficient (Wildman–Crippen LogP) is 3.83. The molecule has 22 heavy (non-hydrogen) atoms. The number of aryl methyl sites for hydroxylation is 2. The quantitative estimate of drug-likeness (QED) is 0.683. The largest absolute Gasteiger partial charge is 0.434 e. The molecule has 0 spiro atoms. The first-order valence-electron chi connectivity index (χ1n) is 7.35. The van der Waals surface area contributed by atoms with Crippen molar-refractivity contribution in [2.24, 2.45) is 0 Å². The second kappa shape index (κ2) is 6.39. The number of hydrogen-bond acceptors (Lipinski definition) is 2. The summed E-state index contributed by atoms with van der Waals surface area (Å²) in [5, 5.41) is 0. The Hall–Kier alpha value is -2.68. The molecule has 0 saturated heterocycles. The van der Waals surface area contributed by atoms with E-state index in [0.717, 1.165) is 17.9 Å². The Labute approximate surface area is 130 Å². The highest BCUT2D eigenvalue weighted by Crippen LogP contribution is 2.23. The van der Waals surface area contributed by atoms with Crippen LogP contribution in [0.1, 0.15) is 16.7 Å². The van der Waals surface area contributed by atoms with Crippen molar-refractivity contribution in [2.75, 3.05) is 0 Å². The molecule has 0 aliphatic heterocycles. The molecule has 3 heteroatoms. The van der Waals surface area contributed by atoms with Crippen LogP contribution in [0.4, 0.5) is 0 Å². The average Bonchev–Trinajstić information content (AvgIpc) is 2.52. The third-order valence-corrected chi connectivity index (χ3v) is 3.50. The van der Waals surface area contributed by atoms with E-state index < -0.39 is 0 Å². The van der Waals surface area contributed by atoms with Gasteiger partial charge in [0, 0.05) is 5.56 Å². The number of ether oxygens (including phenoxy) is 1. The Morgan fingerprint density at radius 2 is 1.86 bits per heavy atom. The van der Waals surface area contributed by atoms with Crippen LogP contribution in [0.2, 0.25) is 0 Å². The van der Waals surface area contributed by atoms with Crippen LogP contribution in [0.25, 0.3) is 0 Å². The van der Waals surface area contributed by atoms with Gasteiger partial charge in [-0.3, -0.25) is 0 Å². The van der Waals surface area contributed by atoms with E-state index in [1.165, 1.54) is 11.1 Å². The van der Waals surface area contributed by atoms with Gasteiger partial charge in [-0.2, -0.15) is 4.57 Å². The summed E-state index contributed by atoms with van der Waals surface area (Å²) in [6.45, 7) is 4.89. The second-order valence-corrected chi connectivity index (χ2v) is 5.42. The molecule has 2 aromatic carbocycles. The first-order chi connectivity index (χ1) is 10.7. The fourth-order valence-electron chi connectivity index (χ4n) is 2.29. The summed E-state index contributed by atoms with van der Waals surface area (Å²) in [5.41, 5.74) is 3.52. The molecule has 3 nitrogen and oxygen atoms in total. The molecular weight excluding hydrogens is 272 g/mol. The van der Waals surface area contributed by atoms with Gasteiger partial charge in [-0.1, -0.05) is 42.5 Å². The molecular formula is C19H19N2O+. The lowest BCUT2D eigenvalue weighted by molar-refractivity contribution is -0.689. The highest BCUT2D eigenvalue weighted by molar-refractivity contribution is 5.37. The summed E-state index contributed by atoms with van der Waals surface area (Å²) in [5.74, 6) is 1.46. The van der Waals surface area contributed by atoms with Gasteiger partial charge >= 0.3 is 0 Å². The van der Waals surface area contributed by atoms with E-state index in [9.17, 15) is 0 Å². The summed E-state index contributed by atoms with van der Waals surface area (Å²) in [4.78, 5) is 4.30. The third-order valence-electron chi connectivity index (χ3n) is 3.50. The summed E-state index contributed by atoms with van der Waals surface area (Å²) in [7, 11) is 0. The summed E-state index contributed by atoms with van der Waals surface area (Å²) in [6, 6.07) is 16.5. The van der Waals surface area contributed by atoms with Crippen LogP contribution >= 0.6 is 0 Å². The third kappa shape index (κ3) is 3.50. The highest BCUT2D eigenvalue weighted by atomic mass is 16.5. The van der Waals surface area contributed by atoms with E-state index >= 15 is 0 Å². The second-order valence-electron chi connectivity index (χ2n) is 5.42. The Morgan fingerprint density at radius 1 is 1.05 bits per heavy atom. The van der Waals surface area contributed by atoms with Crippen LogP contribution in [0.5, 0.6) is 11.6 Å². The van der Waals surface area contributed by atoms with Gasteiger partial charge in [0.25, 0.3) is 5.88 Å². The maximum atomic E-state index is 5.94. The minimum atomic E-state index is 0.604. The molecule has 1 aromatic heterocycles. The first kappa shape index (κ1) is 14.3. The molecule has 110 valence electrons. The molecule has 0 aliphatic rings. The van der Waals surface area contributed by atoms with Crippen molar-refractivity contribution in [3.63, 3.8) is 0 Å². The lowest BCUT2D eigenvalue weighted by atomic mass is 10.1.